The van der Waals surface area contributed by atoms with E-state index in [1.165, 1.54) is 0 Å². The van der Waals surface area contributed by atoms with Crippen LogP contribution in [0.4, 0.5) is 8.78 Å². The van der Waals surface area contributed by atoms with Crippen LogP contribution in [-0.4, -0.2) is 10.2 Å². The van der Waals surface area contributed by atoms with Gasteiger partial charge in [0.25, 0.3) is 6.43 Å². The Hall–Kier alpha value is -1.44. The molecule has 1 heterocycles. The van der Waals surface area contributed by atoms with E-state index in [0.29, 0.717) is 0 Å². The number of alkyl halides is 2. The van der Waals surface area contributed by atoms with Crippen LogP contribution in [0.5, 0.6) is 0 Å². The molecule has 10 heavy (non-hydrogen) atoms. The summed E-state index contributed by atoms with van der Waals surface area (Å²) in [6.07, 6.45) is -1.54. The smallest absolute Gasteiger partial charge is 0.283 e. The number of rotatable bonds is 1. The fourth-order valence-electron chi connectivity index (χ4n) is 0.556. The summed E-state index contributed by atoms with van der Waals surface area (Å²) in [5.41, 5.74) is -0.586. The SMILES string of the molecule is N#Cc1c[nH]nc1C(F)F. The van der Waals surface area contributed by atoms with Crippen molar-refractivity contribution < 1.29 is 8.78 Å². The molecule has 1 aromatic heterocycles. The number of aromatic nitrogens is 2. The van der Waals surface area contributed by atoms with Crippen LogP contribution in [0.2, 0.25) is 0 Å². The summed E-state index contributed by atoms with van der Waals surface area (Å²) >= 11 is 0. The minimum absolute atomic E-state index is 0.102. The Morgan fingerprint density at radius 3 is 2.80 bits per heavy atom. The van der Waals surface area contributed by atoms with E-state index in [2.05, 4.69) is 10.2 Å². The van der Waals surface area contributed by atoms with E-state index in [9.17, 15) is 8.78 Å². The lowest BCUT2D eigenvalue weighted by Crippen LogP contribution is -1.86. The third-order valence-electron chi connectivity index (χ3n) is 0.997. The van der Waals surface area contributed by atoms with E-state index < -0.39 is 12.1 Å². The summed E-state index contributed by atoms with van der Waals surface area (Å²) < 4.78 is 23.6. The molecular weight excluding hydrogens is 140 g/mol. The van der Waals surface area contributed by atoms with Gasteiger partial charge in [0, 0.05) is 6.20 Å². The van der Waals surface area contributed by atoms with Gasteiger partial charge in [0.1, 0.15) is 11.8 Å². The van der Waals surface area contributed by atoms with Crippen molar-refractivity contribution in [1.82, 2.24) is 10.2 Å². The van der Waals surface area contributed by atoms with Gasteiger partial charge in [-0.05, 0) is 0 Å². The highest BCUT2D eigenvalue weighted by Gasteiger charge is 2.14. The van der Waals surface area contributed by atoms with Crippen LogP contribution < -0.4 is 0 Å². The summed E-state index contributed by atoms with van der Waals surface area (Å²) in [7, 11) is 0. The largest absolute Gasteiger partial charge is 0.284 e. The van der Waals surface area contributed by atoms with Gasteiger partial charge in [0.05, 0.1) is 5.56 Å². The second kappa shape index (κ2) is 2.43. The normalized spacial score (nSPS) is 9.80. The van der Waals surface area contributed by atoms with Crippen molar-refractivity contribution in [3.8, 4) is 6.07 Å². The van der Waals surface area contributed by atoms with Gasteiger partial charge in [-0.2, -0.15) is 10.4 Å². The van der Waals surface area contributed by atoms with Gasteiger partial charge >= 0.3 is 0 Å². The van der Waals surface area contributed by atoms with Gasteiger partial charge in [-0.1, -0.05) is 0 Å². The Balaban J connectivity index is 3.05. The lowest BCUT2D eigenvalue weighted by Gasteiger charge is -1.89. The second-order valence-corrected chi connectivity index (χ2v) is 1.60. The average molecular weight is 143 g/mol. The van der Waals surface area contributed by atoms with E-state index in [1.54, 1.807) is 6.07 Å². The number of aromatic amines is 1. The maximum Gasteiger partial charge on any atom is 0.283 e. The molecule has 0 aromatic carbocycles. The summed E-state index contributed by atoms with van der Waals surface area (Å²) in [5.74, 6) is 0. The molecule has 0 aliphatic carbocycles. The lowest BCUT2D eigenvalue weighted by molar-refractivity contribution is 0.145. The van der Waals surface area contributed by atoms with Gasteiger partial charge in [-0.15, -0.1) is 0 Å². The molecule has 0 fully saturated rings. The number of H-pyrrole nitrogens is 1. The number of hydrogen-bond donors (Lipinski definition) is 1. The molecule has 1 N–H and O–H groups in total. The van der Waals surface area contributed by atoms with Crippen LogP contribution in [0.15, 0.2) is 6.20 Å². The predicted molar refractivity (Wildman–Crippen MR) is 28.3 cm³/mol. The Morgan fingerprint density at radius 1 is 1.70 bits per heavy atom. The molecule has 0 unspecified atom stereocenters. The zero-order valence-corrected chi connectivity index (χ0v) is 4.81. The molecule has 0 radical (unpaired) electrons. The van der Waals surface area contributed by atoms with Crippen LogP contribution in [0.25, 0.3) is 0 Å². The first-order chi connectivity index (χ1) is 4.75. The van der Waals surface area contributed by atoms with Gasteiger partial charge in [0.2, 0.25) is 0 Å². The topological polar surface area (TPSA) is 52.5 Å². The van der Waals surface area contributed by atoms with Gasteiger partial charge in [-0.3, -0.25) is 5.10 Å². The van der Waals surface area contributed by atoms with Crippen LogP contribution in [0.1, 0.15) is 17.7 Å². The molecule has 5 heteroatoms. The molecule has 52 valence electrons. The van der Waals surface area contributed by atoms with Crippen molar-refractivity contribution in [2.45, 2.75) is 6.43 Å². The average Bonchev–Trinajstić information content (AvgIpc) is 2.33. The minimum atomic E-state index is -2.68. The number of nitriles is 1. The van der Waals surface area contributed by atoms with E-state index in [-0.39, 0.29) is 5.56 Å². The summed E-state index contributed by atoms with van der Waals surface area (Å²) in [6.45, 7) is 0. The Bertz CT molecular complexity index is 260. The lowest BCUT2D eigenvalue weighted by atomic mass is 10.3. The van der Waals surface area contributed by atoms with Crippen LogP contribution in [-0.2, 0) is 0 Å². The Morgan fingerprint density at radius 2 is 2.40 bits per heavy atom. The van der Waals surface area contributed by atoms with Crippen molar-refractivity contribution in [3.63, 3.8) is 0 Å². The van der Waals surface area contributed by atoms with Crippen molar-refractivity contribution in [3.05, 3.63) is 17.5 Å². The highest BCUT2D eigenvalue weighted by atomic mass is 19.3. The molecule has 1 rings (SSSR count). The van der Waals surface area contributed by atoms with Crippen molar-refractivity contribution in [2.24, 2.45) is 0 Å². The van der Waals surface area contributed by atoms with E-state index in [0.717, 1.165) is 6.20 Å². The molecule has 0 bridgehead atoms. The first-order valence-electron chi connectivity index (χ1n) is 2.47. The molecule has 0 spiro atoms. The van der Waals surface area contributed by atoms with E-state index >= 15 is 0 Å². The highest BCUT2D eigenvalue weighted by Crippen LogP contribution is 2.18. The highest BCUT2D eigenvalue weighted by molar-refractivity contribution is 5.30. The Kier molecular flexibility index (Phi) is 1.63. The van der Waals surface area contributed by atoms with Crippen molar-refractivity contribution >= 4 is 0 Å². The first-order valence-corrected chi connectivity index (χ1v) is 2.47. The number of nitrogens with zero attached hydrogens (tertiary/aromatic N) is 2. The monoisotopic (exact) mass is 143 g/mol. The molecule has 3 nitrogen and oxygen atoms in total. The molecule has 0 saturated carbocycles. The standard InChI is InChI=1S/C5H3F2N3/c6-5(7)4-3(1-8)2-9-10-4/h2,5H,(H,9,10). The van der Waals surface area contributed by atoms with Crippen molar-refractivity contribution in [2.75, 3.05) is 0 Å². The predicted octanol–water partition coefficient (Wildman–Crippen LogP) is 1.22. The van der Waals surface area contributed by atoms with E-state index in [1.807, 2.05) is 0 Å². The van der Waals surface area contributed by atoms with Gasteiger partial charge < -0.3 is 0 Å². The Labute approximate surface area is 55.3 Å². The first kappa shape index (κ1) is 6.68. The summed E-state index contributed by atoms with van der Waals surface area (Å²) in [6, 6.07) is 1.58. The van der Waals surface area contributed by atoms with Crippen molar-refractivity contribution in [1.29, 1.82) is 5.26 Å². The molecule has 0 saturated heterocycles. The molecule has 0 aliphatic rings. The number of hydrogen-bond acceptors (Lipinski definition) is 2. The van der Waals surface area contributed by atoms with Crippen LogP contribution in [0.3, 0.4) is 0 Å². The molecule has 0 aliphatic heterocycles. The third-order valence-corrected chi connectivity index (χ3v) is 0.997. The molecule has 0 atom stereocenters. The molecular formula is C5H3F2N3. The van der Waals surface area contributed by atoms with E-state index in [4.69, 9.17) is 5.26 Å². The van der Waals surface area contributed by atoms with Gasteiger partial charge in [-0.25, -0.2) is 8.78 Å². The minimum Gasteiger partial charge on any atom is -0.284 e. The summed E-state index contributed by atoms with van der Waals surface area (Å²) in [4.78, 5) is 0. The van der Waals surface area contributed by atoms with Gasteiger partial charge in [0.15, 0.2) is 0 Å². The molecule has 0 amide bonds. The fraction of sp³-hybridized carbons (Fsp3) is 0.200. The number of nitrogens with one attached hydrogen (secondary N) is 1. The zero-order valence-electron chi connectivity index (χ0n) is 4.81. The van der Waals surface area contributed by atoms with Crippen LogP contribution >= 0.6 is 0 Å². The maximum atomic E-state index is 11.8. The summed E-state index contributed by atoms with van der Waals surface area (Å²) in [5, 5.41) is 13.6. The van der Waals surface area contributed by atoms with Crippen LogP contribution in [0, 0.1) is 11.3 Å². The fourth-order valence-corrected chi connectivity index (χ4v) is 0.556. The quantitative estimate of drug-likeness (QED) is 0.642. The zero-order chi connectivity index (χ0) is 7.56. The third kappa shape index (κ3) is 0.957. The maximum absolute atomic E-state index is 11.8. The second-order valence-electron chi connectivity index (χ2n) is 1.60. The number of halogens is 2. The molecule has 1 aromatic rings.